The molecule has 0 saturated heterocycles. The zero-order valence-corrected chi connectivity index (χ0v) is 14.1. The number of carbonyl (C=O) groups is 1. The van der Waals surface area contributed by atoms with E-state index < -0.39 is 5.25 Å². The molecule has 0 bridgehead atoms. The van der Waals surface area contributed by atoms with Crippen LogP contribution < -0.4 is 10.9 Å². The number of hydrogen-bond donors (Lipinski definition) is 2. The van der Waals surface area contributed by atoms with Gasteiger partial charge in [-0.3, -0.25) is 9.59 Å². The van der Waals surface area contributed by atoms with E-state index in [1.54, 1.807) is 6.92 Å². The lowest BCUT2D eigenvalue weighted by Gasteiger charge is -2.09. The second kappa shape index (κ2) is 6.51. The van der Waals surface area contributed by atoms with E-state index in [2.05, 4.69) is 20.3 Å². The quantitative estimate of drug-likeness (QED) is 0.560. The van der Waals surface area contributed by atoms with Gasteiger partial charge in [0.2, 0.25) is 5.91 Å². The van der Waals surface area contributed by atoms with Gasteiger partial charge in [0.1, 0.15) is 0 Å². The third-order valence-electron chi connectivity index (χ3n) is 3.08. The van der Waals surface area contributed by atoms with Crippen molar-refractivity contribution in [2.45, 2.75) is 24.3 Å². The van der Waals surface area contributed by atoms with Crippen molar-refractivity contribution in [2.24, 2.45) is 0 Å². The number of aromatic nitrogens is 3. The fourth-order valence-corrected chi connectivity index (χ4v) is 3.67. The third-order valence-corrected chi connectivity index (χ3v) is 5.01. The summed E-state index contributed by atoms with van der Waals surface area (Å²) >= 11 is 2.63. The molecule has 0 aliphatic heterocycles. The summed E-state index contributed by atoms with van der Waals surface area (Å²) in [4.78, 5) is 34.5. The number of thiazole rings is 1. The summed E-state index contributed by atoms with van der Waals surface area (Å²) in [6.45, 7) is 3.77. The number of aromatic amines is 1. The van der Waals surface area contributed by atoms with Gasteiger partial charge in [-0.25, -0.2) is 9.97 Å². The minimum Gasteiger partial charge on any atom is -0.301 e. The fraction of sp³-hybridized carbons (Fsp3) is 0.200. The van der Waals surface area contributed by atoms with Crippen LogP contribution >= 0.6 is 23.1 Å². The average Bonchev–Trinajstić information content (AvgIpc) is 2.88. The van der Waals surface area contributed by atoms with E-state index in [0.717, 1.165) is 15.8 Å². The van der Waals surface area contributed by atoms with Gasteiger partial charge in [0.05, 0.1) is 15.5 Å². The fourth-order valence-electron chi connectivity index (χ4n) is 1.93. The van der Waals surface area contributed by atoms with Gasteiger partial charge < -0.3 is 10.3 Å². The monoisotopic (exact) mass is 346 g/mol. The standard InChI is InChI=1S/C15H14N4O2S2/c1-8-3-4-10-11(7-8)23-15(17-10)19-13(21)9(2)22-14-16-6-5-12(20)18-14/h3-7,9H,1-2H3,(H,16,18,20)(H,17,19,21). The predicted octanol–water partition coefficient (Wildman–Crippen LogP) is 2.81. The zero-order valence-electron chi connectivity index (χ0n) is 12.5. The molecule has 0 radical (unpaired) electrons. The van der Waals surface area contributed by atoms with Crippen molar-refractivity contribution in [3.8, 4) is 0 Å². The largest absolute Gasteiger partial charge is 0.301 e. The lowest BCUT2D eigenvalue weighted by Crippen LogP contribution is -2.23. The minimum absolute atomic E-state index is 0.183. The Morgan fingerprint density at radius 3 is 3.00 bits per heavy atom. The molecule has 0 saturated carbocycles. The summed E-state index contributed by atoms with van der Waals surface area (Å²) in [6.07, 6.45) is 1.42. The lowest BCUT2D eigenvalue weighted by atomic mass is 10.2. The molecule has 118 valence electrons. The molecule has 3 rings (SSSR count). The summed E-state index contributed by atoms with van der Waals surface area (Å²) in [6, 6.07) is 7.30. The Morgan fingerprint density at radius 2 is 2.22 bits per heavy atom. The van der Waals surface area contributed by atoms with E-state index in [0.29, 0.717) is 10.3 Å². The van der Waals surface area contributed by atoms with Crippen LogP contribution in [-0.2, 0) is 4.79 Å². The number of carbonyl (C=O) groups excluding carboxylic acids is 1. The van der Waals surface area contributed by atoms with Gasteiger partial charge >= 0.3 is 0 Å². The van der Waals surface area contributed by atoms with Crippen LogP contribution in [0.3, 0.4) is 0 Å². The van der Waals surface area contributed by atoms with Gasteiger partial charge in [-0.1, -0.05) is 29.2 Å². The van der Waals surface area contributed by atoms with Gasteiger partial charge in [-0.15, -0.1) is 0 Å². The van der Waals surface area contributed by atoms with Crippen molar-refractivity contribution in [1.29, 1.82) is 0 Å². The van der Waals surface area contributed by atoms with Crippen LogP contribution in [0.25, 0.3) is 10.2 Å². The van der Waals surface area contributed by atoms with E-state index in [-0.39, 0.29) is 11.5 Å². The van der Waals surface area contributed by atoms with Crippen LogP contribution in [0.1, 0.15) is 12.5 Å². The normalized spacial score (nSPS) is 12.3. The highest BCUT2D eigenvalue weighted by atomic mass is 32.2. The molecule has 0 aliphatic carbocycles. The van der Waals surface area contributed by atoms with Crippen molar-refractivity contribution in [3.05, 3.63) is 46.4 Å². The van der Waals surface area contributed by atoms with Crippen molar-refractivity contribution in [3.63, 3.8) is 0 Å². The molecular formula is C15H14N4O2S2. The summed E-state index contributed by atoms with van der Waals surface area (Å²) in [7, 11) is 0. The minimum atomic E-state index is -0.408. The SMILES string of the molecule is Cc1ccc2nc(NC(=O)C(C)Sc3nccc(=O)[nH]3)sc2c1. The second-order valence-electron chi connectivity index (χ2n) is 4.98. The van der Waals surface area contributed by atoms with E-state index in [1.165, 1.54) is 35.4 Å². The molecule has 1 aromatic carbocycles. The summed E-state index contributed by atoms with van der Waals surface area (Å²) in [5, 5.41) is 3.39. The number of nitrogens with zero attached hydrogens (tertiary/aromatic N) is 2. The Bertz CT molecular complexity index is 919. The summed E-state index contributed by atoms with van der Waals surface area (Å²) in [5.41, 5.74) is 1.78. The lowest BCUT2D eigenvalue weighted by molar-refractivity contribution is -0.115. The molecule has 0 aliphatic rings. The number of H-pyrrole nitrogens is 1. The van der Waals surface area contributed by atoms with Gasteiger partial charge in [-0.2, -0.15) is 0 Å². The van der Waals surface area contributed by atoms with Crippen LogP contribution in [-0.4, -0.2) is 26.1 Å². The first-order chi connectivity index (χ1) is 11.0. The molecule has 23 heavy (non-hydrogen) atoms. The van der Waals surface area contributed by atoms with E-state index in [1.807, 2.05) is 25.1 Å². The molecule has 3 aromatic rings. The summed E-state index contributed by atoms with van der Waals surface area (Å²) in [5.74, 6) is -0.183. The Morgan fingerprint density at radius 1 is 1.39 bits per heavy atom. The van der Waals surface area contributed by atoms with E-state index in [4.69, 9.17) is 0 Å². The van der Waals surface area contributed by atoms with Crippen molar-refractivity contribution < 1.29 is 4.79 Å². The molecule has 8 heteroatoms. The van der Waals surface area contributed by atoms with Gasteiger partial charge in [0.15, 0.2) is 10.3 Å². The molecule has 1 unspecified atom stereocenters. The number of hydrogen-bond acceptors (Lipinski definition) is 6. The number of thioether (sulfide) groups is 1. The maximum Gasteiger partial charge on any atom is 0.251 e. The highest BCUT2D eigenvalue weighted by Crippen LogP contribution is 2.27. The van der Waals surface area contributed by atoms with E-state index in [9.17, 15) is 9.59 Å². The van der Waals surface area contributed by atoms with Crippen molar-refractivity contribution in [1.82, 2.24) is 15.0 Å². The molecule has 1 atom stereocenters. The Balaban J connectivity index is 1.70. The first-order valence-corrected chi connectivity index (χ1v) is 8.61. The second-order valence-corrected chi connectivity index (χ2v) is 7.34. The Labute approximate surface area is 140 Å². The molecule has 0 fully saturated rings. The van der Waals surface area contributed by atoms with Crippen LogP contribution in [0.15, 0.2) is 40.4 Å². The topological polar surface area (TPSA) is 87.7 Å². The van der Waals surface area contributed by atoms with Gasteiger partial charge in [0.25, 0.3) is 5.56 Å². The number of nitrogens with one attached hydrogen (secondary N) is 2. The number of fused-ring (bicyclic) bond motifs is 1. The third kappa shape index (κ3) is 3.77. The first kappa shape index (κ1) is 15.7. The number of anilines is 1. The maximum atomic E-state index is 12.3. The Kier molecular flexibility index (Phi) is 4.44. The van der Waals surface area contributed by atoms with Gasteiger partial charge in [-0.05, 0) is 31.5 Å². The van der Waals surface area contributed by atoms with Crippen LogP contribution in [0, 0.1) is 6.92 Å². The number of rotatable bonds is 4. The zero-order chi connectivity index (χ0) is 16.4. The van der Waals surface area contributed by atoms with E-state index >= 15 is 0 Å². The van der Waals surface area contributed by atoms with Crippen molar-refractivity contribution >= 4 is 44.4 Å². The number of amides is 1. The highest BCUT2D eigenvalue weighted by molar-refractivity contribution is 8.00. The predicted molar refractivity (Wildman–Crippen MR) is 93.2 cm³/mol. The number of benzene rings is 1. The van der Waals surface area contributed by atoms with Crippen LogP contribution in [0.5, 0.6) is 0 Å². The van der Waals surface area contributed by atoms with Crippen LogP contribution in [0.2, 0.25) is 0 Å². The van der Waals surface area contributed by atoms with Crippen LogP contribution in [0.4, 0.5) is 5.13 Å². The molecule has 2 heterocycles. The Hall–Kier alpha value is -2.19. The highest BCUT2D eigenvalue weighted by Gasteiger charge is 2.17. The molecule has 6 nitrogen and oxygen atoms in total. The summed E-state index contributed by atoms with van der Waals surface area (Å²) < 4.78 is 1.04. The van der Waals surface area contributed by atoms with Gasteiger partial charge in [0, 0.05) is 12.3 Å². The van der Waals surface area contributed by atoms with Crippen molar-refractivity contribution in [2.75, 3.05) is 5.32 Å². The smallest absolute Gasteiger partial charge is 0.251 e. The molecule has 2 N–H and O–H groups in total. The molecular weight excluding hydrogens is 332 g/mol. The molecule has 0 spiro atoms. The molecule has 2 aromatic heterocycles. The number of aryl methyl sites for hydroxylation is 1. The molecule has 1 amide bonds. The first-order valence-electron chi connectivity index (χ1n) is 6.91. The maximum absolute atomic E-state index is 12.3. The average molecular weight is 346 g/mol.